The van der Waals surface area contributed by atoms with E-state index in [0.29, 0.717) is 36.1 Å². The number of hydrogen-bond donors (Lipinski definition) is 0. The normalized spacial score (nSPS) is 22.7. The van der Waals surface area contributed by atoms with Crippen molar-refractivity contribution in [2.24, 2.45) is 17.8 Å². The first-order chi connectivity index (χ1) is 19.8. The molecule has 2 aromatic rings. The summed E-state index contributed by atoms with van der Waals surface area (Å²) < 4.78 is 62.7. The van der Waals surface area contributed by atoms with Gasteiger partial charge >= 0.3 is 12.6 Å². The molecule has 3 unspecified atom stereocenters. The summed E-state index contributed by atoms with van der Waals surface area (Å²) in [6, 6.07) is 7.78. The van der Waals surface area contributed by atoms with Gasteiger partial charge in [0.25, 0.3) is 0 Å². The first-order valence-electron chi connectivity index (χ1n) is 13.9. The summed E-state index contributed by atoms with van der Waals surface area (Å²) >= 11 is 0. The summed E-state index contributed by atoms with van der Waals surface area (Å²) in [7, 11) is 2.86. The Labute approximate surface area is 237 Å². The molecule has 0 amide bonds. The largest absolute Gasteiger partial charge is 0.500 e. The van der Waals surface area contributed by atoms with Crippen LogP contribution in [-0.4, -0.2) is 57.6 Å². The van der Waals surface area contributed by atoms with Gasteiger partial charge < -0.3 is 23.8 Å². The predicted octanol–water partition coefficient (Wildman–Crippen LogP) is 6.25. The van der Waals surface area contributed by atoms with Crippen molar-refractivity contribution in [3.05, 3.63) is 71.4 Å². The van der Waals surface area contributed by atoms with Crippen LogP contribution >= 0.6 is 0 Å². The van der Waals surface area contributed by atoms with Crippen LogP contribution in [0.3, 0.4) is 0 Å². The Kier molecular flexibility index (Phi) is 8.87. The summed E-state index contributed by atoms with van der Waals surface area (Å²) in [4.78, 5) is 17.9. The summed E-state index contributed by atoms with van der Waals surface area (Å²) in [5, 5.41) is 0. The molecule has 7 nitrogen and oxygen atoms in total. The highest BCUT2D eigenvalue weighted by Gasteiger charge is 2.40. The molecule has 1 aromatic heterocycles. The second kappa shape index (κ2) is 12.5. The number of anilines is 1. The number of carbonyl (C=O) groups is 1. The molecule has 41 heavy (non-hydrogen) atoms. The number of rotatable bonds is 11. The molecule has 2 saturated carbocycles. The van der Waals surface area contributed by atoms with Crippen molar-refractivity contribution in [1.29, 1.82) is 0 Å². The van der Waals surface area contributed by atoms with Crippen molar-refractivity contribution in [2.75, 3.05) is 38.8 Å². The number of halogens is 3. The van der Waals surface area contributed by atoms with E-state index in [9.17, 15) is 18.0 Å². The molecule has 3 aliphatic rings. The topological polar surface area (TPSA) is 70.1 Å². The number of benzene rings is 1. The first kappa shape index (κ1) is 29.0. The average Bonchev–Trinajstić information content (AvgIpc) is 3.72. The number of fused-ring (bicyclic) bond motifs is 1. The molecule has 0 N–H and O–H groups in total. The molecule has 5 rings (SSSR count). The number of esters is 1. The fourth-order valence-corrected chi connectivity index (χ4v) is 6.07. The Bertz CT molecular complexity index is 1310. The van der Waals surface area contributed by atoms with Gasteiger partial charge in [-0.15, -0.1) is 0 Å². The second-order valence-corrected chi connectivity index (χ2v) is 10.9. The van der Waals surface area contributed by atoms with E-state index in [1.165, 1.54) is 25.4 Å². The highest BCUT2D eigenvalue weighted by molar-refractivity contribution is 5.89. The van der Waals surface area contributed by atoms with Crippen molar-refractivity contribution in [1.82, 2.24) is 4.98 Å². The van der Waals surface area contributed by atoms with Crippen LogP contribution in [0, 0.1) is 23.6 Å². The van der Waals surface area contributed by atoms with E-state index in [1.54, 1.807) is 25.3 Å². The maximum absolute atomic E-state index is 14.8. The van der Waals surface area contributed by atoms with E-state index in [4.69, 9.17) is 14.2 Å². The number of hydrogen-bond acceptors (Lipinski definition) is 7. The van der Waals surface area contributed by atoms with Gasteiger partial charge in [0.15, 0.2) is 11.6 Å². The number of carbonyl (C=O) groups excluding carboxylic acids is 1. The van der Waals surface area contributed by atoms with E-state index in [2.05, 4.69) is 16.3 Å². The second-order valence-electron chi connectivity index (χ2n) is 10.9. The van der Waals surface area contributed by atoms with Crippen LogP contribution in [0.15, 0.2) is 54.4 Å². The SMILES string of the molecule is C=C(/C(COC1CCC2CN(c3ncc(C(=O)OC)cc3F)CC2C1)=C(\OC)C1CC1)c1ccccc1OC(F)F. The lowest BCUT2D eigenvalue weighted by atomic mass is 9.80. The van der Waals surface area contributed by atoms with Crippen LogP contribution in [-0.2, 0) is 14.2 Å². The molecule has 2 aliphatic carbocycles. The van der Waals surface area contributed by atoms with Crippen LogP contribution < -0.4 is 9.64 Å². The summed E-state index contributed by atoms with van der Waals surface area (Å²) in [6.45, 7) is 2.86. The number of para-hydroxylation sites is 1. The Morgan fingerprint density at radius 1 is 1.10 bits per heavy atom. The smallest absolute Gasteiger partial charge is 0.387 e. The van der Waals surface area contributed by atoms with Gasteiger partial charge in [0.1, 0.15) is 11.5 Å². The Morgan fingerprint density at radius 3 is 2.54 bits per heavy atom. The maximum atomic E-state index is 14.8. The standard InChI is InChI=1S/C31H35F3N2O5/c1-18(24-6-4-5-7-27(24)41-31(33)34)25(28(38-2)19-8-9-19)17-40-23-11-10-20-15-36(16-22(20)12-23)29-26(32)13-21(14-35-29)30(37)39-3/h4-7,13-14,19-20,22-23,31H,1,8-12,15-17H2,2-3H3/b28-25-. The molecular weight excluding hydrogens is 537 g/mol. The molecule has 0 bridgehead atoms. The third kappa shape index (κ3) is 6.53. The summed E-state index contributed by atoms with van der Waals surface area (Å²) in [5.74, 6) is 0.851. The summed E-state index contributed by atoms with van der Waals surface area (Å²) in [5.41, 5.74) is 1.86. The van der Waals surface area contributed by atoms with Gasteiger partial charge in [-0.05, 0) is 61.6 Å². The molecule has 3 atom stereocenters. The van der Waals surface area contributed by atoms with Crippen molar-refractivity contribution >= 4 is 17.4 Å². The zero-order valence-corrected chi connectivity index (χ0v) is 23.3. The Balaban J connectivity index is 1.27. The van der Waals surface area contributed by atoms with Crippen molar-refractivity contribution in [3.8, 4) is 5.75 Å². The lowest BCUT2D eigenvalue weighted by molar-refractivity contribution is -0.0500. The molecule has 0 radical (unpaired) electrons. The van der Waals surface area contributed by atoms with E-state index in [1.807, 2.05) is 4.90 Å². The quantitative estimate of drug-likeness (QED) is 0.179. The van der Waals surface area contributed by atoms with Gasteiger partial charge in [-0.1, -0.05) is 24.8 Å². The van der Waals surface area contributed by atoms with Gasteiger partial charge in [0.2, 0.25) is 0 Å². The molecular formula is C31H35F3N2O5. The monoisotopic (exact) mass is 572 g/mol. The zero-order chi connectivity index (χ0) is 29.1. The van der Waals surface area contributed by atoms with Crippen LogP contribution in [0.1, 0.15) is 48.0 Å². The lowest BCUT2D eigenvalue weighted by Gasteiger charge is -2.31. The fraction of sp³-hybridized carbons (Fsp3) is 0.484. The Hall–Kier alpha value is -3.53. The molecule has 1 aliphatic heterocycles. The minimum Gasteiger partial charge on any atom is -0.500 e. The third-order valence-corrected chi connectivity index (χ3v) is 8.27. The molecule has 1 aromatic carbocycles. The molecule has 1 saturated heterocycles. The van der Waals surface area contributed by atoms with Gasteiger partial charge in [-0.25, -0.2) is 14.2 Å². The van der Waals surface area contributed by atoms with Crippen molar-refractivity contribution in [3.63, 3.8) is 0 Å². The van der Waals surface area contributed by atoms with Crippen LogP contribution in [0.25, 0.3) is 5.57 Å². The maximum Gasteiger partial charge on any atom is 0.387 e. The number of allylic oxidation sites excluding steroid dienone is 1. The minimum atomic E-state index is -2.95. The number of methoxy groups -OCH3 is 2. The molecule has 0 spiro atoms. The third-order valence-electron chi connectivity index (χ3n) is 8.27. The van der Waals surface area contributed by atoms with Crippen molar-refractivity contribution in [2.45, 2.75) is 44.8 Å². The fourth-order valence-electron chi connectivity index (χ4n) is 6.07. The predicted molar refractivity (Wildman–Crippen MR) is 147 cm³/mol. The minimum absolute atomic E-state index is 0.0247. The number of nitrogens with zero attached hydrogens (tertiary/aromatic N) is 2. The van der Waals surface area contributed by atoms with E-state index >= 15 is 0 Å². The van der Waals surface area contributed by atoms with Crippen molar-refractivity contribution < 1.29 is 36.9 Å². The van der Waals surface area contributed by atoms with E-state index in [0.717, 1.165) is 43.4 Å². The van der Waals surface area contributed by atoms with E-state index < -0.39 is 18.4 Å². The van der Waals surface area contributed by atoms with Gasteiger partial charge in [-0.2, -0.15) is 8.78 Å². The van der Waals surface area contributed by atoms with E-state index in [-0.39, 0.29) is 35.8 Å². The number of ether oxygens (including phenoxy) is 4. The Morgan fingerprint density at radius 2 is 1.85 bits per heavy atom. The first-order valence-corrected chi connectivity index (χ1v) is 13.9. The molecule has 2 heterocycles. The van der Waals surface area contributed by atoms with Gasteiger partial charge in [-0.3, -0.25) is 0 Å². The van der Waals surface area contributed by atoms with Crippen LogP contribution in [0.5, 0.6) is 5.75 Å². The van der Waals surface area contributed by atoms with Gasteiger partial charge in [0, 0.05) is 36.3 Å². The molecule has 3 fully saturated rings. The zero-order valence-electron chi connectivity index (χ0n) is 23.3. The highest BCUT2D eigenvalue weighted by Crippen LogP contribution is 2.43. The van der Waals surface area contributed by atoms with Crippen LogP contribution in [0.2, 0.25) is 0 Å². The highest BCUT2D eigenvalue weighted by atomic mass is 19.3. The number of alkyl halides is 2. The molecule has 10 heteroatoms. The summed E-state index contributed by atoms with van der Waals surface area (Å²) in [6.07, 6.45) is 5.88. The van der Waals surface area contributed by atoms with Gasteiger partial charge in [0.05, 0.1) is 32.5 Å². The van der Waals surface area contributed by atoms with Crippen LogP contribution in [0.4, 0.5) is 19.0 Å². The molecule has 220 valence electrons. The average molecular weight is 573 g/mol. The number of pyridine rings is 1. The lowest BCUT2D eigenvalue weighted by Crippen LogP contribution is -2.29. The number of aromatic nitrogens is 1.